The lowest BCUT2D eigenvalue weighted by Gasteiger charge is -2.26. The Hall–Kier alpha value is -4.04. The molecule has 2 N–H and O–H groups in total. The minimum atomic E-state index is -0.637. The van der Waals surface area contributed by atoms with Crippen LogP contribution >= 0.6 is 0 Å². The summed E-state index contributed by atoms with van der Waals surface area (Å²) in [6.07, 6.45) is 0. The number of hydrogen-bond acceptors (Lipinski definition) is 5. The van der Waals surface area contributed by atoms with Crippen LogP contribution < -0.4 is 16.1 Å². The Bertz CT molecular complexity index is 1380. The predicted octanol–water partition coefficient (Wildman–Crippen LogP) is 4.16. The number of rotatable bonds is 1. The molecule has 1 aliphatic rings. The van der Waals surface area contributed by atoms with Crippen LogP contribution in [0.25, 0.3) is 21.7 Å². The third-order valence-corrected chi connectivity index (χ3v) is 5.09. The van der Waals surface area contributed by atoms with Crippen molar-refractivity contribution in [1.29, 1.82) is 5.26 Å². The smallest absolute Gasteiger partial charge is 0.344 e. The average Bonchev–Trinajstić information content (AvgIpc) is 2.73. The Labute approximate surface area is 159 Å². The van der Waals surface area contributed by atoms with E-state index in [1.54, 1.807) is 0 Å². The normalized spacial score (nSPS) is 15.9. The summed E-state index contributed by atoms with van der Waals surface area (Å²) in [5.41, 5.74) is 7.27. The molecule has 4 aromatic rings. The van der Waals surface area contributed by atoms with Gasteiger partial charge in [0.1, 0.15) is 17.2 Å². The van der Waals surface area contributed by atoms with Crippen LogP contribution in [-0.4, -0.2) is 0 Å². The second kappa shape index (κ2) is 6.00. The van der Waals surface area contributed by atoms with E-state index in [-0.39, 0.29) is 11.5 Å². The van der Waals surface area contributed by atoms with Crippen molar-refractivity contribution in [2.45, 2.75) is 5.92 Å². The van der Waals surface area contributed by atoms with Gasteiger partial charge in [0.05, 0.1) is 16.9 Å². The zero-order valence-corrected chi connectivity index (χ0v) is 14.7. The standard InChI is InChI=1S/C23H14N2O3/c24-12-17-18(14-7-2-1-3-8-14)19-21(27-22(17)25)16-11-10-13-6-4-5-9-15(13)20(16)28-23(19)26/h1-11,18H,25H2. The van der Waals surface area contributed by atoms with Gasteiger partial charge in [-0.1, -0.05) is 60.7 Å². The molecule has 0 saturated heterocycles. The summed E-state index contributed by atoms with van der Waals surface area (Å²) in [4.78, 5) is 13.1. The van der Waals surface area contributed by atoms with Crippen LogP contribution in [0.1, 0.15) is 17.0 Å². The lowest BCUT2D eigenvalue weighted by atomic mass is 9.84. The monoisotopic (exact) mass is 366 g/mol. The van der Waals surface area contributed by atoms with Gasteiger partial charge in [-0.05, 0) is 17.0 Å². The first kappa shape index (κ1) is 16.2. The summed E-state index contributed by atoms with van der Waals surface area (Å²) in [5, 5.41) is 12.1. The van der Waals surface area contributed by atoms with Gasteiger partial charge in [-0.25, -0.2) is 4.79 Å². The van der Waals surface area contributed by atoms with Crippen molar-refractivity contribution in [3.63, 3.8) is 0 Å². The quantitative estimate of drug-likeness (QED) is 0.403. The number of ether oxygens (including phenoxy) is 1. The molecule has 0 saturated carbocycles. The number of nitriles is 1. The summed E-state index contributed by atoms with van der Waals surface area (Å²) in [6, 6.07) is 22.8. The van der Waals surface area contributed by atoms with E-state index in [2.05, 4.69) is 6.07 Å². The Morgan fingerprint density at radius 1 is 0.929 bits per heavy atom. The average molecular weight is 366 g/mol. The van der Waals surface area contributed by atoms with Crippen molar-refractivity contribution in [3.05, 3.63) is 99.7 Å². The van der Waals surface area contributed by atoms with Crippen LogP contribution in [0.5, 0.6) is 5.75 Å². The second-order valence-electron chi connectivity index (χ2n) is 6.63. The lowest BCUT2D eigenvalue weighted by molar-refractivity contribution is 0.388. The van der Waals surface area contributed by atoms with E-state index in [1.807, 2.05) is 66.7 Å². The predicted molar refractivity (Wildman–Crippen MR) is 106 cm³/mol. The van der Waals surface area contributed by atoms with Crippen molar-refractivity contribution in [1.82, 2.24) is 0 Å². The van der Waals surface area contributed by atoms with E-state index in [4.69, 9.17) is 14.9 Å². The van der Waals surface area contributed by atoms with E-state index in [9.17, 15) is 10.1 Å². The molecule has 28 heavy (non-hydrogen) atoms. The van der Waals surface area contributed by atoms with E-state index in [0.717, 1.165) is 16.3 Å². The molecule has 1 unspecified atom stereocenters. The van der Waals surface area contributed by atoms with E-state index in [0.29, 0.717) is 22.3 Å². The molecule has 0 amide bonds. The van der Waals surface area contributed by atoms with Crippen molar-refractivity contribution >= 4 is 21.7 Å². The number of benzene rings is 3. The first-order valence-electron chi connectivity index (χ1n) is 8.80. The molecule has 5 heteroatoms. The van der Waals surface area contributed by atoms with Crippen LogP contribution in [0.4, 0.5) is 0 Å². The molecule has 1 aliphatic heterocycles. The fourth-order valence-electron chi connectivity index (χ4n) is 3.83. The molecular weight excluding hydrogens is 352 g/mol. The minimum absolute atomic E-state index is 0.00362. The summed E-state index contributed by atoms with van der Waals surface area (Å²) in [5.74, 6) is -0.284. The fourth-order valence-corrected chi connectivity index (χ4v) is 3.83. The highest BCUT2D eigenvalue weighted by atomic mass is 16.5. The highest BCUT2D eigenvalue weighted by Gasteiger charge is 2.35. The highest BCUT2D eigenvalue weighted by molar-refractivity contribution is 6.06. The summed E-state index contributed by atoms with van der Waals surface area (Å²) in [6.45, 7) is 0. The van der Waals surface area contributed by atoms with Gasteiger partial charge in [0.2, 0.25) is 5.88 Å². The largest absolute Gasteiger partial charge is 0.439 e. The molecule has 0 radical (unpaired) electrons. The second-order valence-corrected chi connectivity index (χ2v) is 6.63. The maximum Gasteiger partial charge on any atom is 0.344 e. The first-order valence-corrected chi connectivity index (χ1v) is 8.80. The van der Waals surface area contributed by atoms with Crippen molar-refractivity contribution < 1.29 is 9.15 Å². The maximum atomic E-state index is 13.1. The molecule has 3 aromatic carbocycles. The molecule has 5 rings (SSSR count). The van der Waals surface area contributed by atoms with Gasteiger partial charge in [-0.3, -0.25) is 0 Å². The summed E-state index contributed by atoms with van der Waals surface area (Å²) in [7, 11) is 0. The molecule has 1 aromatic heterocycles. The van der Waals surface area contributed by atoms with Crippen LogP contribution in [0.2, 0.25) is 0 Å². The minimum Gasteiger partial charge on any atom is -0.439 e. The van der Waals surface area contributed by atoms with Gasteiger partial charge in [0.25, 0.3) is 0 Å². The van der Waals surface area contributed by atoms with Crippen molar-refractivity contribution in [2.24, 2.45) is 5.73 Å². The maximum absolute atomic E-state index is 13.1. The van der Waals surface area contributed by atoms with Gasteiger partial charge in [-0.2, -0.15) is 5.26 Å². The van der Waals surface area contributed by atoms with Gasteiger partial charge in [0, 0.05) is 5.39 Å². The molecule has 1 atom stereocenters. The third-order valence-electron chi connectivity index (χ3n) is 5.09. The molecule has 2 heterocycles. The summed E-state index contributed by atoms with van der Waals surface area (Å²) >= 11 is 0. The Balaban J connectivity index is 1.90. The van der Waals surface area contributed by atoms with Crippen LogP contribution in [0.3, 0.4) is 0 Å². The fraction of sp³-hybridized carbons (Fsp3) is 0.0435. The number of hydrogen-bond donors (Lipinski definition) is 1. The number of nitrogens with two attached hydrogens (primary N) is 1. The molecular formula is C23H14N2O3. The van der Waals surface area contributed by atoms with Gasteiger partial charge < -0.3 is 14.9 Å². The van der Waals surface area contributed by atoms with Crippen LogP contribution in [0, 0.1) is 11.3 Å². The van der Waals surface area contributed by atoms with Crippen LogP contribution in [-0.2, 0) is 0 Å². The van der Waals surface area contributed by atoms with Crippen molar-refractivity contribution in [3.8, 4) is 11.8 Å². The SMILES string of the molecule is N#CC1=C(N)Oc2c(c(=O)oc3c2ccc2ccccc23)C1c1ccccc1. The van der Waals surface area contributed by atoms with Crippen molar-refractivity contribution in [2.75, 3.05) is 0 Å². The number of allylic oxidation sites excluding steroid dienone is 1. The molecule has 5 nitrogen and oxygen atoms in total. The Morgan fingerprint density at radius 3 is 2.46 bits per heavy atom. The molecule has 0 aliphatic carbocycles. The molecule has 0 spiro atoms. The number of fused-ring (bicyclic) bond motifs is 5. The highest BCUT2D eigenvalue weighted by Crippen LogP contribution is 2.44. The zero-order chi connectivity index (χ0) is 19.3. The Morgan fingerprint density at radius 2 is 1.68 bits per heavy atom. The Kier molecular flexibility index (Phi) is 3.46. The molecule has 0 fully saturated rings. The molecule has 0 bridgehead atoms. The number of nitrogens with zero attached hydrogens (tertiary/aromatic N) is 1. The summed E-state index contributed by atoms with van der Waals surface area (Å²) < 4.78 is 11.5. The van der Waals surface area contributed by atoms with E-state index < -0.39 is 11.5 Å². The van der Waals surface area contributed by atoms with Gasteiger partial charge >= 0.3 is 5.63 Å². The van der Waals surface area contributed by atoms with E-state index >= 15 is 0 Å². The lowest BCUT2D eigenvalue weighted by Crippen LogP contribution is -2.26. The van der Waals surface area contributed by atoms with Gasteiger partial charge in [0.15, 0.2) is 5.75 Å². The third kappa shape index (κ3) is 2.22. The van der Waals surface area contributed by atoms with Crippen LogP contribution in [0.15, 0.2) is 87.4 Å². The zero-order valence-electron chi connectivity index (χ0n) is 14.7. The van der Waals surface area contributed by atoms with Gasteiger partial charge in [-0.15, -0.1) is 0 Å². The first-order chi connectivity index (χ1) is 13.7. The molecule has 134 valence electrons. The topological polar surface area (TPSA) is 89.3 Å². The van der Waals surface area contributed by atoms with E-state index in [1.165, 1.54) is 0 Å².